The van der Waals surface area contributed by atoms with Gasteiger partial charge in [-0.1, -0.05) is 23.7 Å². The van der Waals surface area contributed by atoms with E-state index in [9.17, 15) is 9.59 Å². The summed E-state index contributed by atoms with van der Waals surface area (Å²) in [6.45, 7) is 0.326. The van der Waals surface area contributed by atoms with Gasteiger partial charge >= 0.3 is 0 Å². The zero-order valence-corrected chi connectivity index (χ0v) is 12.1. The molecule has 2 rings (SSSR count). The molecule has 0 aliphatic heterocycles. The molecule has 21 heavy (non-hydrogen) atoms. The van der Waals surface area contributed by atoms with Crippen LogP contribution in [-0.2, 0) is 6.54 Å². The van der Waals surface area contributed by atoms with E-state index >= 15 is 0 Å². The SMILES string of the molecule is CNC(=O)c1cccc(CNC(=O)c2ccc(Cl)nc2)c1. The molecule has 0 fully saturated rings. The molecule has 0 saturated heterocycles. The second-order valence-corrected chi connectivity index (χ2v) is 4.72. The van der Waals surface area contributed by atoms with Crippen molar-refractivity contribution in [2.24, 2.45) is 0 Å². The molecule has 1 heterocycles. The smallest absolute Gasteiger partial charge is 0.253 e. The molecule has 0 saturated carbocycles. The summed E-state index contributed by atoms with van der Waals surface area (Å²) in [5, 5.41) is 5.66. The Morgan fingerprint density at radius 2 is 1.95 bits per heavy atom. The third-order valence-corrected chi connectivity index (χ3v) is 3.08. The van der Waals surface area contributed by atoms with Crippen molar-refractivity contribution < 1.29 is 9.59 Å². The van der Waals surface area contributed by atoms with Crippen LogP contribution < -0.4 is 10.6 Å². The average molecular weight is 304 g/mol. The average Bonchev–Trinajstić information content (AvgIpc) is 2.52. The van der Waals surface area contributed by atoms with Gasteiger partial charge in [0.25, 0.3) is 11.8 Å². The molecular formula is C15H14ClN3O2. The van der Waals surface area contributed by atoms with Crippen molar-refractivity contribution in [3.05, 3.63) is 64.4 Å². The molecule has 0 spiro atoms. The molecule has 0 aliphatic rings. The fraction of sp³-hybridized carbons (Fsp3) is 0.133. The number of hydrogen-bond donors (Lipinski definition) is 2. The van der Waals surface area contributed by atoms with Gasteiger partial charge in [0.1, 0.15) is 5.15 Å². The Morgan fingerprint density at radius 1 is 1.14 bits per heavy atom. The van der Waals surface area contributed by atoms with Gasteiger partial charge < -0.3 is 10.6 Å². The monoisotopic (exact) mass is 303 g/mol. The molecule has 6 heteroatoms. The van der Waals surface area contributed by atoms with Crippen LogP contribution in [0.25, 0.3) is 0 Å². The first-order valence-electron chi connectivity index (χ1n) is 6.31. The molecule has 0 unspecified atom stereocenters. The van der Waals surface area contributed by atoms with Crippen molar-refractivity contribution in [3.8, 4) is 0 Å². The highest BCUT2D eigenvalue weighted by molar-refractivity contribution is 6.29. The standard InChI is InChI=1S/C15H14ClN3O2/c1-17-14(20)11-4-2-3-10(7-11)8-19-15(21)12-5-6-13(16)18-9-12/h2-7,9H,8H2,1H3,(H,17,20)(H,19,21). The molecule has 1 aromatic heterocycles. The highest BCUT2D eigenvalue weighted by Crippen LogP contribution is 2.07. The van der Waals surface area contributed by atoms with Crippen LogP contribution in [0.5, 0.6) is 0 Å². The number of halogens is 1. The topological polar surface area (TPSA) is 71.1 Å². The molecule has 2 aromatic rings. The van der Waals surface area contributed by atoms with Crippen LogP contribution in [0, 0.1) is 0 Å². The van der Waals surface area contributed by atoms with E-state index < -0.39 is 0 Å². The van der Waals surface area contributed by atoms with Crippen LogP contribution in [0.4, 0.5) is 0 Å². The molecule has 0 radical (unpaired) electrons. The molecular weight excluding hydrogens is 290 g/mol. The van der Waals surface area contributed by atoms with Gasteiger partial charge in [-0.2, -0.15) is 0 Å². The van der Waals surface area contributed by atoms with Gasteiger partial charge in [-0.15, -0.1) is 0 Å². The van der Waals surface area contributed by atoms with Gasteiger partial charge in [0.05, 0.1) is 5.56 Å². The minimum Gasteiger partial charge on any atom is -0.355 e. The van der Waals surface area contributed by atoms with Crippen molar-refractivity contribution in [2.45, 2.75) is 6.54 Å². The summed E-state index contributed by atoms with van der Waals surface area (Å²) >= 11 is 5.67. The molecule has 108 valence electrons. The Balaban J connectivity index is 2.01. The first-order valence-corrected chi connectivity index (χ1v) is 6.68. The van der Waals surface area contributed by atoms with Crippen LogP contribution in [-0.4, -0.2) is 23.8 Å². The number of pyridine rings is 1. The van der Waals surface area contributed by atoms with E-state index in [0.717, 1.165) is 5.56 Å². The van der Waals surface area contributed by atoms with Crippen molar-refractivity contribution in [1.29, 1.82) is 0 Å². The van der Waals surface area contributed by atoms with Crippen molar-refractivity contribution in [2.75, 3.05) is 7.05 Å². The Bertz CT molecular complexity index is 656. The molecule has 0 aliphatic carbocycles. The van der Waals surface area contributed by atoms with Gasteiger partial charge in [0.2, 0.25) is 0 Å². The predicted octanol–water partition coefficient (Wildman–Crippen LogP) is 2.02. The van der Waals surface area contributed by atoms with E-state index in [1.165, 1.54) is 6.20 Å². The van der Waals surface area contributed by atoms with Gasteiger partial charge in [0, 0.05) is 25.4 Å². The Morgan fingerprint density at radius 3 is 2.62 bits per heavy atom. The molecule has 5 nitrogen and oxygen atoms in total. The summed E-state index contributed by atoms with van der Waals surface area (Å²) < 4.78 is 0. The molecule has 1 aromatic carbocycles. The van der Waals surface area contributed by atoms with E-state index in [1.807, 2.05) is 6.07 Å². The maximum Gasteiger partial charge on any atom is 0.253 e. The summed E-state index contributed by atoms with van der Waals surface area (Å²) in [5.74, 6) is -0.408. The number of benzene rings is 1. The van der Waals surface area contributed by atoms with E-state index in [4.69, 9.17) is 11.6 Å². The zero-order chi connectivity index (χ0) is 15.2. The highest BCUT2D eigenvalue weighted by atomic mass is 35.5. The number of aromatic nitrogens is 1. The molecule has 2 amide bonds. The van der Waals surface area contributed by atoms with E-state index in [1.54, 1.807) is 37.4 Å². The van der Waals surface area contributed by atoms with Gasteiger partial charge in [0.15, 0.2) is 0 Å². The van der Waals surface area contributed by atoms with Gasteiger partial charge in [-0.3, -0.25) is 9.59 Å². The van der Waals surface area contributed by atoms with Crippen LogP contribution >= 0.6 is 11.6 Å². The number of amides is 2. The lowest BCUT2D eigenvalue weighted by molar-refractivity contribution is 0.0948. The number of carbonyl (C=O) groups excluding carboxylic acids is 2. The summed E-state index contributed by atoms with van der Waals surface area (Å²) in [5.41, 5.74) is 1.82. The fourth-order valence-electron chi connectivity index (χ4n) is 1.76. The van der Waals surface area contributed by atoms with Crippen LogP contribution in [0.2, 0.25) is 5.15 Å². The number of nitrogens with one attached hydrogen (secondary N) is 2. The van der Waals surface area contributed by atoms with E-state index in [0.29, 0.717) is 22.8 Å². The third-order valence-electron chi connectivity index (χ3n) is 2.86. The largest absolute Gasteiger partial charge is 0.355 e. The van der Waals surface area contributed by atoms with E-state index in [2.05, 4.69) is 15.6 Å². The summed E-state index contributed by atoms with van der Waals surface area (Å²) in [6, 6.07) is 10.2. The summed E-state index contributed by atoms with van der Waals surface area (Å²) in [4.78, 5) is 27.3. The minimum atomic E-state index is -0.246. The van der Waals surface area contributed by atoms with E-state index in [-0.39, 0.29) is 11.8 Å². The zero-order valence-electron chi connectivity index (χ0n) is 11.4. The quantitative estimate of drug-likeness (QED) is 0.849. The Hall–Kier alpha value is -2.40. The lowest BCUT2D eigenvalue weighted by atomic mass is 10.1. The maximum absolute atomic E-state index is 11.9. The van der Waals surface area contributed by atoms with Crippen LogP contribution in [0.15, 0.2) is 42.6 Å². The van der Waals surface area contributed by atoms with Gasteiger partial charge in [-0.05, 0) is 29.8 Å². The third kappa shape index (κ3) is 4.03. The number of nitrogens with zero attached hydrogens (tertiary/aromatic N) is 1. The van der Waals surface area contributed by atoms with Gasteiger partial charge in [-0.25, -0.2) is 4.98 Å². The molecule has 0 atom stereocenters. The second-order valence-electron chi connectivity index (χ2n) is 4.33. The number of hydrogen-bond acceptors (Lipinski definition) is 3. The minimum absolute atomic E-state index is 0.162. The second kappa shape index (κ2) is 6.85. The first kappa shape index (κ1) is 15.0. The van der Waals surface area contributed by atoms with Crippen LogP contribution in [0.1, 0.15) is 26.3 Å². The summed E-state index contributed by atoms with van der Waals surface area (Å²) in [7, 11) is 1.57. The lowest BCUT2D eigenvalue weighted by Crippen LogP contribution is -2.23. The molecule has 0 bridgehead atoms. The summed E-state index contributed by atoms with van der Waals surface area (Å²) in [6.07, 6.45) is 1.42. The number of carbonyl (C=O) groups is 2. The Labute approximate surface area is 127 Å². The number of rotatable bonds is 4. The van der Waals surface area contributed by atoms with Crippen molar-refractivity contribution in [3.63, 3.8) is 0 Å². The molecule has 2 N–H and O–H groups in total. The normalized spacial score (nSPS) is 10.0. The highest BCUT2D eigenvalue weighted by Gasteiger charge is 2.07. The van der Waals surface area contributed by atoms with Crippen molar-refractivity contribution in [1.82, 2.24) is 15.6 Å². The maximum atomic E-state index is 11.9. The van der Waals surface area contributed by atoms with Crippen molar-refractivity contribution >= 4 is 23.4 Å². The Kier molecular flexibility index (Phi) is 4.90. The predicted molar refractivity (Wildman–Crippen MR) is 80.2 cm³/mol. The lowest BCUT2D eigenvalue weighted by Gasteiger charge is -2.07. The fourth-order valence-corrected chi connectivity index (χ4v) is 1.87. The first-order chi connectivity index (χ1) is 10.1. The van der Waals surface area contributed by atoms with Crippen LogP contribution in [0.3, 0.4) is 0 Å².